The van der Waals surface area contributed by atoms with Crippen LogP contribution in [0.5, 0.6) is 0 Å². The van der Waals surface area contributed by atoms with Crippen molar-refractivity contribution in [2.24, 2.45) is 7.05 Å². The van der Waals surface area contributed by atoms with Crippen LogP contribution in [0.1, 0.15) is 51.3 Å². The third-order valence-corrected chi connectivity index (χ3v) is 3.54. The van der Waals surface area contributed by atoms with Gasteiger partial charge >= 0.3 is 0 Å². The second-order valence-corrected chi connectivity index (χ2v) is 5.35. The molecule has 0 saturated carbocycles. The number of rotatable bonds is 9. The van der Waals surface area contributed by atoms with Gasteiger partial charge in [0.25, 0.3) is 0 Å². The van der Waals surface area contributed by atoms with Crippen LogP contribution >= 0.6 is 0 Å². The van der Waals surface area contributed by atoms with Gasteiger partial charge in [-0.2, -0.15) is 5.10 Å². The maximum Gasteiger partial charge on any atom is 0.163 e. The molecule has 0 aliphatic rings. The van der Waals surface area contributed by atoms with Crippen LogP contribution in [0.25, 0.3) is 11.0 Å². The second-order valence-electron chi connectivity index (χ2n) is 5.35. The van der Waals surface area contributed by atoms with Crippen molar-refractivity contribution in [3.05, 3.63) is 12.0 Å². The van der Waals surface area contributed by atoms with Crippen molar-refractivity contribution < 1.29 is 4.74 Å². The number of unbranched alkanes of at least 4 members (excludes halogenated alkanes) is 5. The van der Waals surface area contributed by atoms with Crippen LogP contribution in [0.15, 0.2) is 6.20 Å². The lowest BCUT2D eigenvalue weighted by Gasteiger charge is -2.05. The average molecular weight is 291 g/mol. The van der Waals surface area contributed by atoms with Gasteiger partial charge in [0.05, 0.1) is 11.6 Å². The van der Waals surface area contributed by atoms with Crippen molar-refractivity contribution in [2.45, 2.75) is 52.1 Å². The Morgan fingerprint density at radius 3 is 2.71 bits per heavy atom. The lowest BCUT2D eigenvalue weighted by Crippen LogP contribution is -2.05. The third-order valence-electron chi connectivity index (χ3n) is 3.54. The summed E-state index contributed by atoms with van der Waals surface area (Å²) in [5, 5.41) is 4.93. The maximum absolute atomic E-state index is 5.91. The summed E-state index contributed by atoms with van der Waals surface area (Å²) in [5.41, 5.74) is 6.66. The Hall–Kier alpha value is -1.69. The van der Waals surface area contributed by atoms with Crippen LogP contribution in [-0.2, 0) is 18.4 Å². The molecule has 2 aromatic rings. The van der Waals surface area contributed by atoms with Crippen molar-refractivity contribution in [3.63, 3.8) is 0 Å². The Labute approximate surface area is 125 Å². The fraction of sp³-hybridized carbons (Fsp3) is 0.667. The molecule has 2 heterocycles. The molecule has 0 atom stereocenters. The van der Waals surface area contributed by atoms with Crippen LogP contribution in [-0.4, -0.2) is 26.4 Å². The summed E-state index contributed by atoms with van der Waals surface area (Å²) in [5.74, 6) is 1.08. The van der Waals surface area contributed by atoms with E-state index in [9.17, 15) is 0 Å². The number of hydrogen-bond acceptors (Lipinski definition) is 5. The second kappa shape index (κ2) is 7.93. The Morgan fingerprint density at radius 2 is 1.90 bits per heavy atom. The van der Waals surface area contributed by atoms with E-state index in [2.05, 4.69) is 22.0 Å². The van der Waals surface area contributed by atoms with E-state index in [0.29, 0.717) is 18.2 Å². The van der Waals surface area contributed by atoms with E-state index in [1.165, 1.54) is 32.1 Å². The fourth-order valence-corrected chi connectivity index (χ4v) is 2.30. The number of nitrogens with two attached hydrogens (primary N) is 1. The van der Waals surface area contributed by atoms with Crippen molar-refractivity contribution in [2.75, 3.05) is 12.3 Å². The largest absolute Gasteiger partial charge is 0.383 e. The predicted octanol–water partition coefficient (Wildman–Crippen LogP) is 2.82. The lowest BCUT2D eigenvalue weighted by atomic mass is 10.1. The van der Waals surface area contributed by atoms with E-state index in [-0.39, 0.29) is 0 Å². The molecule has 0 saturated heterocycles. The highest BCUT2D eigenvalue weighted by Gasteiger charge is 2.08. The predicted molar refractivity (Wildman–Crippen MR) is 83.7 cm³/mol. The molecule has 0 aromatic carbocycles. The molecule has 0 unspecified atom stereocenters. The number of hydrogen-bond donors (Lipinski definition) is 1. The Balaban J connectivity index is 1.75. The first-order chi connectivity index (χ1) is 10.2. The summed E-state index contributed by atoms with van der Waals surface area (Å²) in [6.07, 6.45) is 9.24. The topological polar surface area (TPSA) is 78.9 Å². The molecule has 0 radical (unpaired) electrons. The molecule has 6 heteroatoms. The summed E-state index contributed by atoms with van der Waals surface area (Å²) < 4.78 is 7.34. The minimum atomic E-state index is 0.403. The smallest absolute Gasteiger partial charge is 0.163 e. The van der Waals surface area contributed by atoms with Crippen molar-refractivity contribution >= 4 is 16.9 Å². The molecule has 6 nitrogen and oxygen atoms in total. The molecule has 0 amide bonds. The van der Waals surface area contributed by atoms with Gasteiger partial charge in [-0.25, -0.2) is 9.97 Å². The number of anilines is 1. The van der Waals surface area contributed by atoms with Gasteiger partial charge in [-0.15, -0.1) is 0 Å². The molecule has 2 rings (SSSR count). The monoisotopic (exact) mass is 291 g/mol. The summed E-state index contributed by atoms with van der Waals surface area (Å²) >= 11 is 0. The molecule has 2 aromatic heterocycles. The SMILES string of the molecule is CCCCCCCCOCc1nc(N)c2cnn(C)c2n1. The van der Waals surface area contributed by atoms with Crippen molar-refractivity contribution in [3.8, 4) is 0 Å². The minimum absolute atomic E-state index is 0.403. The Kier molecular flexibility index (Phi) is 5.92. The molecule has 0 aliphatic heterocycles. The van der Waals surface area contributed by atoms with Crippen LogP contribution in [0.3, 0.4) is 0 Å². The van der Waals surface area contributed by atoms with E-state index >= 15 is 0 Å². The summed E-state index contributed by atoms with van der Waals surface area (Å²) in [6, 6.07) is 0. The maximum atomic E-state index is 5.91. The van der Waals surface area contributed by atoms with E-state index in [1.807, 2.05) is 7.05 Å². The first kappa shape index (κ1) is 15.7. The van der Waals surface area contributed by atoms with Gasteiger partial charge in [0.2, 0.25) is 0 Å². The normalized spacial score (nSPS) is 11.3. The zero-order chi connectivity index (χ0) is 15.1. The summed E-state index contributed by atoms with van der Waals surface area (Å²) in [6.45, 7) is 3.38. The highest BCUT2D eigenvalue weighted by atomic mass is 16.5. The molecule has 0 fully saturated rings. The van der Waals surface area contributed by atoms with Crippen LogP contribution in [0.4, 0.5) is 5.82 Å². The number of fused-ring (bicyclic) bond motifs is 1. The van der Waals surface area contributed by atoms with E-state index in [0.717, 1.165) is 24.1 Å². The summed E-state index contributed by atoms with van der Waals surface area (Å²) in [7, 11) is 1.84. The molecule has 0 aliphatic carbocycles. The zero-order valence-corrected chi connectivity index (χ0v) is 13.0. The van der Waals surface area contributed by atoms with Gasteiger partial charge in [-0.1, -0.05) is 39.0 Å². The van der Waals surface area contributed by atoms with Gasteiger partial charge in [0.1, 0.15) is 12.4 Å². The Morgan fingerprint density at radius 1 is 1.14 bits per heavy atom. The van der Waals surface area contributed by atoms with Crippen molar-refractivity contribution in [1.82, 2.24) is 19.7 Å². The highest BCUT2D eigenvalue weighted by molar-refractivity contribution is 5.84. The summed E-state index contributed by atoms with van der Waals surface area (Å²) in [4.78, 5) is 8.70. The number of aryl methyl sites for hydroxylation is 1. The standard InChI is InChI=1S/C15H25N5O/c1-3-4-5-6-7-8-9-21-11-13-18-14(16)12-10-17-20(2)15(12)19-13/h10H,3-9,11H2,1-2H3,(H2,16,18,19). The zero-order valence-electron chi connectivity index (χ0n) is 13.0. The first-order valence-electron chi connectivity index (χ1n) is 7.74. The average Bonchev–Trinajstić information content (AvgIpc) is 2.84. The van der Waals surface area contributed by atoms with Gasteiger partial charge < -0.3 is 10.5 Å². The number of nitrogens with zero attached hydrogens (tertiary/aromatic N) is 4. The fourth-order valence-electron chi connectivity index (χ4n) is 2.30. The molecule has 2 N–H and O–H groups in total. The molecule has 21 heavy (non-hydrogen) atoms. The van der Waals surface area contributed by atoms with Crippen LogP contribution in [0.2, 0.25) is 0 Å². The molecular formula is C15H25N5O. The molecular weight excluding hydrogens is 266 g/mol. The van der Waals surface area contributed by atoms with Crippen LogP contribution < -0.4 is 5.73 Å². The van der Waals surface area contributed by atoms with Crippen molar-refractivity contribution in [1.29, 1.82) is 0 Å². The van der Waals surface area contributed by atoms with E-state index in [1.54, 1.807) is 10.9 Å². The van der Waals surface area contributed by atoms with Crippen LogP contribution in [0, 0.1) is 0 Å². The number of aromatic nitrogens is 4. The Bertz CT molecular complexity index is 566. The lowest BCUT2D eigenvalue weighted by molar-refractivity contribution is 0.111. The van der Waals surface area contributed by atoms with Gasteiger partial charge in [-0.3, -0.25) is 4.68 Å². The molecule has 0 bridgehead atoms. The first-order valence-corrected chi connectivity index (χ1v) is 7.74. The third kappa shape index (κ3) is 4.39. The van der Waals surface area contributed by atoms with Gasteiger partial charge in [0, 0.05) is 13.7 Å². The van der Waals surface area contributed by atoms with Gasteiger partial charge in [0.15, 0.2) is 11.5 Å². The molecule has 0 spiro atoms. The van der Waals surface area contributed by atoms with Gasteiger partial charge in [-0.05, 0) is 6.42 Å². The number of ether oxygens (including phenoxy) is 1. The number of nitrogen functional groups attached to an aromatic ring is 1. The minimum Gasteiger partial charge on any atom is -0.383 e. The molecule has 116 valence electrons. The van der Waals surface area contributed by atoms with E-state index < -0.39 is 0 Å². The highest BCUT2D eigenvalue weighted by Crippen LogP contribution is 2.16. The van der Waals surface area contributed by atoms with E-state index in [4.69, 9.17) is 10.5 Å². The quantitative estimate of drug-likeness (QED) is 0.719.